The summed E-state index contributed by atoms with van der Waals surface area (Å²) in [5.74, 6) is -0.315. The molecule has 2 aliphatic heterocycles. The molecule has 0 fully saturated rings. The number of aliphatic hydroxyl groups is 1. The molecule has 0 spiro atoms. The Labute approximate surface area is 234 Å². The van der Waals surface area contributed by atoms with Gasteiger partial charge in [-0.2, -0.15) is 0 Å². The number of aliphatic hydroxyl groups excluding tert-OH is 1. The van der Waals surface area contributed by atoms with Gasteiger partial charge in [-0.25, -0.2) is 4.79 Å². The van der Waals surface area contributed by atoms with E-state index in [1.807, 2.05) is 49.4 Å². The van der Waals surface area contributed by atoms with Crippen LogP contribution >= 0.6 is 0 Å². The number of carbonyl (C=O) groups is 2. The van der Waals surface area contributed by atoms with E-state index in [1.54, 1.807) is 11.9 Å². The van der Waals surface area contributed by atoms with E-state index < -0.39 is 6.10 Å². The smallest absolute Gasteiger partial charge is 0.324 e. The summed E-state index contributed by atoms with van der Waals surface area (Å²) in [6.45, 7) is 2.54. The number of amides is 3. The third-order valence-electron chi connectivity index (χ3n) is 8.34. The summed E-state index contributed by atoms with van der Waals surface area (Å²) in [5, 5.41) is 15.0. The third-order valence-corrected chi connectivity index (χ3v) is 8.34. The highest BCUT2D eigenvalue weighted by atomic mass is 16.3. The first-order chi connectivity index (χ1) is 19.4. The Morgan fingerprint density at radius 3 is 2.77 bits per heavy atom. The van der Waals surface area contributed by atoms with E-state index in [0.29, 0.717) is 13.0 Å². The van der Waals surface area contributed by atoms with Gasteiger partial charge in [-0.15, -0.1) is 0 Å². The number of aromatic nitrogens is 1. The Hall–Kier alpha value is -4.23. The van der Waals surface area contributed by atoms with E-state index in [1.165, 1.54) is 5.56 Å². The Morgan fingerprint density at radius 1 is 1.05 bits per heavy atom. The number of benzene rings is 2. The summed E-state index contributed by atoms with van der Waals surface area (Å²) in [6, 6.07) is 16.0. The summed E-state index contributed by atoms with van der Waals surface area (Å²) >= 11 is 0. The molecule has 7 nitrogen and oxygen atoms in total. The number of imide groups is 1. The quantitative estimate of drug-likeness (QED) is 0.510. The molecule has 3 atom stereocenters. The van der Waals surface area contributed by atoms with E-state index in [-0.39, 0.29) is 30.4 Å². The van der Waals surface area contributed by atoms with Crippen molar-refractivity contribution in [2.45, 2.75) is 57.3 Å². The van der Waals surface area contributed by atoms with Gasteiger partial charge in [0.2, 0.25) is 5.91 Å². The van der Waals surface area contributed by atoms with E-state index in [2.05, 4.69) is 46.6 Å². The first kappa shape index (κ1) is 26.0. The summed E-state index contributed by atoms with van der Waals surface area (Å²) in [5.41, 5.74) is 6.91. The van der Waals surface area contributed by atoms with Crippen LogP contribution in [-0.4, -0.2) is 52.2 Å². The zero-order valence-electron chi connectivity index (χ0n) is 22.9. The molecule has 0 bridgehead atoms. The normalized spacial score (nSPS) is 21.6. The minimum Gasteiger partial charge on any atom is -0.386 e. The SMILES string of the molecule is CC1Cc2cc3ccc(CN4c5ccccc5CC4C(O)C4=CC=CCC=C4)nc3cc2CC(=O)NC(=O)N1C. The minimum absolute atomic E-state index is 0.0539. The standard InChI is InChI=1S/C33H34N4O3/c1-21-15-25-16-23-13-14-27(34-28(23)17-26(25)19-31(38)35-33(40)36(21)2)20-37-29-12-8-7-11-24(29)18-30(37)32(39)22-9-5-3-4-6-10-22/h3,5-14,16-17,21,30,32,39H,4,15,18-20H2,1-2H3,(H,35,38,40). The van der Waals surface area contributed by atoms with Gasteiger partial charge in [0.15, 0.2) is 0 Å². The molecule has 0 saturated carbocycles. The third kappa shape index (κ3) is 5.05. The Bertz CT molecular complexity index is 1570. The van der Waals surface area contributed by atoms with Crippen LogP contribution in [0.1, 0.15) is 35.7 Å². The van der Waals surface area contributed by atoms with Crippen LogP contribution in [0.2, 0.25) is 0 Å². The van der Waals surface area contributed by atoms with Crippen LogP contribution < -0.4 is 10.2 Å². The lowest BCUT2D eigenvalue weighted by molar-refractivity contribution is -0.119. The van der Waals surface area contributed by atoms with Gasteiger partial charge in [0, 0.05) is 24.2 Å². The lowest BCUT2D eigenvalue weighted by Gasteiger charge is -2.31. The fraction of sp³-hybridized carbons (Fsp3) is 0.303. The second-order valence-corrected chi connectivity index (χ2v) is 11.0. The zero-order chi connectivity index (χ0) is 27.8. The van der Waals surface area contributed by atoms with E-state index in [9.17, 15) is 14.7 Å². The summed E-state index contributed by atoms with van der Waals surface area (Å²) < 4.78 is 0. The molecule has 40 heavy (non-hydrogen) atoms. The second-order valence-electron chi connectivity index (χ2n) is 11.0. The van der Waals surface area contributed by atoms with Crippen molar-refractivity contribution in [2.24, 2.45) is 0 Å². The number of para-hydroxylation sites is 1. The highest BCUT2D eigenvalue weighted by molar-refractivity contribution is 5.96. The van der Waals surface area contributed by atoms with Gasteiger partial charge < -0.3 is 14.9 Å². The maximum absolute atomic E-state index is 12.6. The predicted octanol–water partition coefficient (Wildman–Crippen LogP) is 4.62. The number of allylic oxidation sites excluding steroid dienone is 4. The van der Waals surface area contributed by atoms with Crippen LogP contribution in [-0.2, 0) is 30.6 Å². The van der Waals surface area contributed by atoms with Gasteiger partial charge in [0.05, 0.1) is 36.3 Å². The molecule has 0 radical (unpaired) electrons. The number of rotatable bonds is 4. The summed E-state index contributed by atoms with van der Waals surface area (Å²) in [4.78, 5) is 33.8. The second kappa shape index (κ2) is 10.7. The maximum Gasteiger partial charge on any atom is 0.324 e. The van der Waals surface area contributed by atoms with E-state index in [4.69, 9.17) is 4.98 Å². The van der Waals surface area contributed by atoms with Crippen molar-refractivity contribution < 1.29 is 14.7 Å². The van der Waals surface area contributed by atoms with Gasteiger partial charge in [-0.1, -0.05) is 54.6 Å². The zero-order valence-corrected chi connectivity index (χ0v) is 22.9. The van der Waals surface area contributed by atoms with E-state index in [0.717, 1.165) is 51.8 Å². The fourth-order valence-corrected chi connectivity index (χ4v) is 5.98. The fourth-order valence-electron chi connectivity index (χ4n) is 5.98. The molecule has 3 amide bonds. The van der Waals surface area contributed by atoms with Crippen LogP contribution in [0.3, 0.4) is 0 Å². The molecule has 7 heteroatoms. The van der Waals surface area contributed by atoms with Crippen LogP contribution in [0.5, 0.6) is 0 Å². The molecule has 3 aliphatic rings. The number of pyridine rings is 1. The largest absolute Gasteiger partial charge is 0.386 e. The van der Waals surface area contributed by atoms with Crippen molar-refractivity contribution in [1.29, 1.82) is 0 Å². The average Bonchev–Trinajstić information content (AvgIpc) is 3.11. The van der Waals surface area contributed by atoms with Crippen molar-refractivity contribution in [3.8, 4) is 0 Å². The van der Waals surface area contributed by atoms with Crippen LogP contribution in [0, 0.1) is 0 Å². The molecule has 3 unspecified atom stereocenters. The van der Waals surface area contributed by atoms with Crippen molar-refractivity contribution >= 4 is 28.5 Å². The molecule has 3 heterocycles. The summed E-state index contributed by atoms with van der Waals surface area (Å²) in [6.07, 6.45) is 12.0. The van der Waals surface area contributed by atoms with Crippen LogP contribution in [0.25, 0.3) is 10.9 Å². The topological polar surface area (TPSA) is 85.8 Å². The van der Waals surface area contributed by atoms with Crippen LogP contribution in [0.4, 0.5) is 10.5 Å². The Kier molecular flexibility index (Phi) is 6.98. The number of carbonyl (C=O) groups excluding carboxylic acids is 2. The molecule has 2 N–H and O–H groups in total. The van der Waals surface area contributed by atoms with Gasteiger partial charge in [0.25, 0.3) is 0 Å². The first-order valence-corrected chi connectivity index (χ1v) is 13.9. The first-order valence-electron chi connectivity index (χ1n) is 13.9. The number of hydrogen-bond donors (Lipinski definition) is 2. The lowest BCUT2D eigenvalue weighted by Crippen LogP contribution is -2.45. The molecule has 3 aromatic rings. The molecule has 204 valence electrons. The number of anilines is 1. The number of likely N-dealkylation sites (N-methyl/N-ethyl adjacent to an activating group) is 1. The highest BCUT2D eigenvalue weighted by Gasteiger charge is 2.35. The van der Waals surface area contributed by atoms with Gasteiger partial charge >= 0.3 is 6.03 Å². The Balaban J connectivity index is 1.33. The number of urea groups is 1. The average molecular weight is 535 g/mol. The monoisotopic (exact) mass is 534 g/mol. The van der Waals surface area contributed by atoms with Crippen molar-refractivity contribution in [2.75, 3.05) is 11.9 Å². The van der Waals surface area contributed by atoms with Crippen LogP contribution in [0.15, 0.2) is 84.5 Å². The number of hydrogen-bond acceptors (Lipinski definition) is 5. The van der Waals surface area contributed by atoms with E-state index >= 15 is 0 Å². The molecule has 2 aromatic carbocycles. The van der Waals surface area contributed by atoms with Crippen molar-refractivity contribution in [1.82, 2.24) is 15.2 Å². The highest BCUT2D eigenvalue weighted by Crippen LogP contribution is 2.36. The lowest BCUT2D eigenvalue weighted by atomic mass is 9.96. The van der Waals surface area contributed by atoms with Crippen molar-refractivity contribution in [3.05, 3.63) is 107 Å². The predicted molar refractivity (Wildman–Crippen MR) is 157 cm³/mol. The van der Waals surface area contributed by atoms with Crippen molar-refractivity contribution in [3.63, 3.8) is 0 Å². The van der Waals surface area contributed by atoms with Gasteiger partial charge in [-0.3, -0.25) is 15.1 Å². The summed E-state index contributed by atoms with van der Waals surface area (Å²) in [7, 11) is 1.72. The number of nitrogens with one attached hydrogen (secondary N) is 1. The maximum atomic E-state index is 12.6. The Morgan fingerprint density at radius 2 is 1.90 bits per heavy atom. The van der Waals surface area contributed by atoms with Gasteiger partial charge in [-0.05, 0) is 72.7 Å². The molecule has 1 aromatic heterocycles. The molecular weight excluding hydrogens is 500 g/mol. The number of nitrogens with zero attached hydrogens (tertiary/aromatic N) is 3. The number of fused-ring (bicyclic) bond motifs is 3. The molecule has 1 aliphatic carbocycles. The molecular formula is C33H34N4O3. The molecule has 6 rings (SSSR count). The minimum atomic E-state index is -0.642. The van der Waals surface area contributed by atoms with Gasteiger partial charge in [0.1, 0.15) is 0 Å². The molecule has 0 saturated heterocycles.